The maximum absolute atomic E-state index is 12.9. The van der Waals surface area contributed by atoms with Crippen LogP contribution in [-0.4, -0.2) is 12.1 Å². The number of anilines is 3. The molecule has 2 rings (SSSR count). The number of nitrogens with one attached hydrogen (secondary N) is 1. The van der Waals surface area contributed by atoms with Crippen molar-refractivity contribution in [3.63, 3.8) is 0 Å². The molecule has 0 spiro atoms. The van der Waals surface area contributed by atoms with Gasteiger partial charge in [-0.1, -0.05) is 11.3 Å². The number of thiazole rings is 1. The van der Waals surface area contributed by atoms with Gasteiger partial charge < -0.3 is 15.8 Å². The molecule has 0 aliphatic heterocycles. The van der Waals surface area contributed by atoms with Gasteiger partial charge in [0, 0.05) is 6.07 Å². The Morgan fingerprint density at radius 1 is 1.50 bits per heavy atom. The second kappa shape index (κ2) is 4.36. The van der Waals surface area contributed by atoms with E-state index in [0.29, 0.717) is 21.6 Å². The highest BCUT2D eigenvalue weighted by atomic mass is 32.1. The third-order valence-electron chi connectivity index (χ3n) is 1.93. The molecule has 0 aliphatic carbocycles. The van der Waals surface area contributed by atoms with Crippen molar-refractivity contribution in [1.29, 1.82) is 0 Å². The Kier molecular flexibility index (Phi) is 2.91. The SMILES string of the molecule is COc1cc(F)ccc1Nc1ncc(N)s1. The van der Waals surface area contributed by atoms with Gasteiger partial charge in [-0.15, -0.1) is 0 Å². The highest BCUT2D eigenvalue weighted by Gasteiger charge is 2.06. The molecule has 0 fully saturated rings. The number of aromatic nitrogens is 1. The highest BCUT2D eigenvalue weighted by molar-refractivity contribution is 7.19. The van der Waals surface area contributed by atoms with Gasteiger partial charge in [-0.25, -0.2) is 9.37 Å². The molecule has 3 N–H and O–H groups in total. The van der Waals surface area contributed by atoms with Crippen LogP contribution >= 0.6 is 11.3 Å². The Balaban J connectivity index is 2.27. The summed E-state index contributed by atoms with van der Waals surface area (Å²) >= 11 is 1.31. The summed E-state index contributed by atoms with van der Waals surface area (Å²) in [6.45, 7) is 0. The zero-order valence-electron chi connectivity index (χ0n) is 8.53. The number of hydrogen-bond donors (Lipinski definition) is 2. The summed E-state index contributed by atoms with van der Waals surface area (Å²) < 4.78 is 18.0. The Labute approximate surface area is 95.9 Å². The van der Waals surface area contributed by atoms with Crippen molar-refractivity contribution >= 4 is 27.2 Å². The fourth-order valence-electron chi connectivity index (χ4n) is 1.23. The molecule has 0 bridgehead atoms. The fraction of sp³-hybridized carbons (Fsp3) is 0.100. The lowest BCUT2D eigenvalue weighted by molar-refractivity contribution is 0.413. The maximum Gasteiger partial charge on any atom is 0.189 e. The minimum absolute atomic E-state index is 0.346. The van der Waals surface area contributed by atoms with E-state index in [2.05, 4.69) is 10.3 Å². The van der Waals surface area contributed by atoms with E-state index in [1.165, 1.54) is 30.6 Å². The van der Waals surface area contributed by atoms with Crippen LogP contribution in [0.1, 0.15) is 0 Å². The molecule has 0 saturated carbocycles. The topological polar surface area (TPSA) is 60.2 Å². The summed E-state index contributed by atoms with van der Waals surface area (Å²) in [6.07, 6.45) is 1.56. The number of nitrogens with zero attached hydrogens (tertiary/aromatic N) is 1. The Morgan fingerprint density at radius 3 is 2.94 bits per heavy atom. The normalized spacial score (nSPS) is 10.1. The molecule has 84 valence electrons. The molecule has 0 saturated heterocycles. The number of ether oxygens (including phenoxy) is 1. The van der Waals surface area contributed by atoms with Crippen molar-refractivity contribution < 1.29 is 9.13 Å². The molecule has 0 atom stereocenters. The zero-order valence-corrected chi connectivity index (χ0v) is 9.34. The fourth-order valence-corrected chi connectivity index (χ4v) is 1.82. The molecule has 0 amide bonds. The lowest BCUT2D eigenvalue weighted by Gasteiger charge is -2.08. The summed E-state index contributed by atoms with van der Waals surface area (Å²) in [5.74, 6) is 0.0785. The molecule has 6 heteroatoms. The number of benzene rings is 1. The van der Waals surface area contributed by atoms with E-state index < -0.39 is 0 Å². The van der Waals surface area contributed by atoms with Crippen LogP contribution < -0.4 is 15.8 Å². The average Bonchev–Trinajstić information content (AvgIpc) is 2.67. The van der Waals surface area contributed by atoms with Crippen molar-refractivity contribution in [2.45, 2.75) is 0 Å². The van der Waals surface area contributed by atoms with E-state index in [9.17, 15) is 4.39 Å². The molecule has 0 unspecified atom stereocenters. The second-order valence-electron chi connectivity index (χ2n) is 3.04. The molecule has 2 aromatic rings. The molecular formula is C10H10FN3OS. The van der Waals surface area contributed by atoms with Gasteiger partial charge in [0.1, 0.15) is 16.6 Å². The number of nitrogen functional groups attached to an aromatic ring is 1. The predicted octanol–water partition coefficient (Wildman–Crippen LogP) is 2.62. The Morgan fingerprint density at radius 2 is 2.31 bits per heavy atom. The zero-order chi connectivity index (χ0) is 11.5. The Bertz CT molecular complexity index is 501. The lowest BCUT2D eigenvalue weighted by atomic mass is 10.3. The summed E-state index contributed by atoms with van der Waals surface area (Å²) in [4.78, 5) is 4.04. The van der Waals surface area contributed by atoms with Gasteiger partial charge in [0.2, 0.25) is 0 Å². The van der Waals surface area contributed by atoms with Gasteiger partial charge in [0.15, 0.2) is 5.13 Å². The first-order valence-electron chi connectivity index (χ1n) is 4.51. The third kappa shape index (κ3) is 2.22. The van der Waals surface area contributed by atoms with Crippen LogP contribution in [0.2, 0.25) is 0 Å². The van der Waals surface area contributed by atoms with Gasteiger partial charge >= 0.3 is 0 Å². The summed E-state index contributed by atoms with van der Waals surface area (Å²) in [5.41, 5.74) is 6.20. The average molecular weight is 239 g/mol. The van der Waals surface area contributed by atoms with Crippen molar-refractivity contribution in [3.05, 3.63) is 30.2 Å². The molecule has 1 aromatic heterocycles. The first kappa shape index (κ1) is 10.7. The van der Waals surface area contributed by atoms with Crippen LogP contribution in [0.3, 0.4) is 0 Å². The molecule has 4 nitrogen and oxygen atoms in total. The van der Waals surface area contributed by atoms with Crippen molar-refractivity contribution in [2.75, 3.05) is 18.2 Å². The lowest BCUT2D eigenvalue weighted by Crippen LogP contribution is -1.94. The highest BCUT2D eigenvalue weighted by Crippen LogP contribution is 2.30. The first-order valence-corrected chi connectivity index (χ1v) is 5.32. The van der Waals surface area contributed by atoms with Crippen molar-refractivity contribution in [3.8, 4) is 5.75 Å². The number of rotatable bonds is 3. The molecule has 16 heavy (non-hydrogen) atoms. The quantitative estimate of drug-likeness (QED) is 0.864. The van der Waals surface area contributed by atoms with Crippen LogP contribution in [-0.2, 0) is 0 Å². The maximum atomic E-state index is 12.9. The molecule has 0 aliphatic rings. The molecular weight excluding hydrogens is 229 g/mol. The monoisotopic (exact) mass is 239 g/mol. The summed E-state index contributed by atoms with van der Waals surface area (Å²) in [6, 6.07) is 4.24. The van der Waals surface area contributed by atoms with Gasteiger partial charge in [-0.05, 0) is 12.1 Å². The number of nitrogens with two attached hydrogens (primary N) is 1. The molecule has 1 aromatic carbocycles. The van der Waals surface area contributed by atoms with E-state index >= 15 is 0 Å². The molecule has 1 heterocycles. The van der Waals surface area contributed by atoms with Crippen molar-refractivity contribution in [1.82, 2.24) is 4.98 Å². The number of methoxy groups -OCH3 is 1. The first-order chi connectivity index (χ1) is 7.69. The van der Waals surface area contributed by atoms with Gasteiger partial charge in [0.05, 0.1) is 19.0 Å². The second-order valence-corrected chi connectivity index (χ2v) is 4.10. The largest absolute Gasteiger partial charge is 0.494 e. The van der Waals surface area contributed by atoms with E-state index in [-0.39, 0.29) is 5.82 Å². The minimum Gasteiger partial charge on any atom is -0.494 e. The Hall–Kier alpha value is -1.82. The van der Waals surface area contributed by atoms with Crippen molar-refractivity contribution in [2.24, 2.45) is 0 Å². The minimum atomic E-state index is -0.346. The van der Waals surface area contributed by atoms with Gasteiger partial charge in [-0.3, -0.25) is 0 Å². The predicted molar refractivity (Wildman–Crippen MR) is 62.8 cm³/mol. The van der Waals surface area contributed by atoms with Crippen LogP contribution in [0.4, 0.5) is 20.2 Å². The van der Waals surface area contributed by atoms with E-state index in [4.69, 9.17) is 10.5 Å². The van der Waals surface area contributed by atoms with Crippen LogP contribution in [0.5, 0.6) is 5.75 Å². The van der Waals surface area contributed by atoms with E-state index in [1.54, 1.807) is 12.3 Å². The summed E-state index contributed by atoms with van der Waals surface area (Å²) in [7, 11) is 1.48. The number of hydrogen-bond acceptors (Lipinski definition) is 5. The molecule has 0 radical (unpaired) electrons. The van der Waals surface area contributed by atoms with E-state index in [0.717, 1.165) is 0 Å². The van der Waals surface area contributed by atoms with Gasteiger partial charge in [-0.2, -0.15) is 0 Å². The van der Waals surface area contributed by atoms with Crippen LogP contribution in [0.15, 0.2) is 24.4 Å². The number of halogens is 1. The third-order valence-corrected chi connectivity index (χ3v) is 2.67. The van der Waals surface area contributed by atoms with Crippen LogP contribution in [0, 0.1) is 5.82 Å². The van der Waals surface area contributed by atoms with Gasteiger partial charge in [0.25, 0.3) is 0 Å². The standard InChI is InChI=1S/C10H10FN3OS/c1-15-8-4-6(11)2-3-7(8)14-10-13-5-9(12)16-10/h2-5H,12H2,1H3,(H,13,14). The van der Waals surface area contributed by atoms with E-state index in [1.807, 2.05) is 0 Å². The summed E-state index contributed by atoms with van der Waals surface area (Å²) in [5, 5.41) is 4.26. The smallest absolute Gasteiger partial charge is 0.189 e. The van der Waals surface area contributed by atoms with Crippen LogP contribution in [0.25, 0.3) is 0 Å².